The van der Waals surface area contributed by atoms with Gasteiger partial charge in [0.25, 0.3) is 0 Å². The van der Waals surface area contributed by atoms with Crippen molar-refractivity contribution in [3.05, 3.63) is 42.2 Å². The number of fused-ring (bicyclic) bond motifs is 1. The summed E-state index contributed by atoms with van der Waals surface area (Å²) in [5.74, 6) is 1.96. The number of hydrogen-bond acceptors (Lipinski definition) is 3. The van der Waals surface area contributed by atoms with Crippen LogP contribution in [0, 0.1) is 11.8 Å². The van der Waals surface area contributed by atoms with E-state index in [1.54, 1.807) is 18.9 Å². The molecule has 0 N–H and O–H groups in total. The molecule has 1 fully saturated rings. The van der Waals surface area contributed by atoms with E-state index in [9.17, 15) is 4.79 Å². The van der Waals surface area contributed by atoms with Crippen LogP contribution in [0.1, 0.15) is 19.8 Å². The molecule has 100 valence electrons. The van der Waals surface area contributed by atoms with Gasteiger partial charge in [0.15, 0.2) is 5.78 Å². The first-order chi connectivity index (χ1) is 9.15. The molecule has 0 radical (unpaired) electrons. The molecule has 0 amide bonds. The normalized spacial score (nSPS) is 33.2. The van der Waals surface area contributed by atoms with E-state index in [2.05, 4.69) is 25.1 Å². The van der Waals surface area contributed by atoms with Gasteiger partial charge in [0.2, 0.25) is 0 Å². The molecular formula is C16H18O2S. The summed E-state index contributed by atoms with van der Waals surface area (Å²) >= 11 is 1.69. The van der Waals surface area contributed by atoms with Crippen LogP contribution in [-0.4, -0.2) is 17.6 Å². The van der Waals surface area contributed by atoms with Crippen LogP contribution in [0.4, 0.5) is 0 Å². The highest BCUT2D eigenvalue weighted by atomic mass is 32.2. The Kier molecular flexibility index (Phi) is 3.17. The third kappa shape index (κ3) is 2.00. The maximum absolute atomic E-state index is 12.4. The smallest absolute Gasteiger partial charge is 0.153 e. The Morgan fingerprint density at radius 3 is 2.74 bits per heavy atom. The summed E-state index contributed by atoms with van der Waals surface area (Å²) in [5.41, 5.74) is 0. The Bertz CT molecular complexity index is 523. The van der Waals surface area contributed by atoms with E-state index in [1.165, 1.54) is 0 Å². The van der Waals surface area contributed by atoms with E-state index >= 15 is 0 Å². The van der Waals surface area contributed by atoms with Gasteiger partial charge in [0, 0.05) is 23.2 Å². The van der Waals surface area contributed by atoms with Crippen LogP contribution in [0.15, 0.2) is 47.1 Å². The minimum absolute atomic E-state index is 0.208. The lowest BCUT2D eigenvalue weighted by Gasteiger charge is -2.51. The van der Waals surface area contributed by atoms with Gasteiger partial charge in [-0.1, -0.05) is 18.2 Å². The second-order valence-electron chi connectivity index (χ2n) is 5.39. The van der Waals surface area contributed by atoms with Crippen molar-refractivity contribution < 1.29 is 9.53 Å². The van der Waals surface area contributed by atoms with Crippen LogP contribution in [0.5, 0.6) is 0 Å². The fourth-order valence-corrected chi connectivity index (χ4v) is 4.58. The zero-order valence-electron chi connectivity index (χ0n) is 11.3. The topological polar surface area (TPSA) is 26.3 Å². The predicted octanol–water partition coefficient (Wildman–Crippen LogP) is 3.68. The van der Waals surface area contributed by atoms with Crippen molar-refractivity contribution in [2.75, 3.05) is 7.11 Å². The largest absolute Gasteiger partial charge is 0.501 e. The summed E-state index contributed by atoms with van der Waals surface area (Å²) < 4.78 is 5.04. The molecule has 0 unspecified atom stereocenters. The number of ether oxygens (including phenoxy) is 1. The van der Waals surface area contributed by atoms with Crippen LogP contribution < -0.4 is 0 Å². The molecule has 3 atom stereocenters. The van der Waals surface area contributed by atoms with Gasteiger partial charge in [-0.05, 0) is 31.6 Å². The first-order valence-electron chi connectivity index (χ1n) is 6.68. The van der Waals surface area contributed by atoms with Gasteiger partial charge < -0.3 is 4.74 Å². The minimum Gasteiger partial charge on any atom is -0.501 e. The SMILES string of the molecule is COC1=C[C@H]2[C@@H](CC1)C(=O)[C@]2(C)Sc1ccccc1. The second kappa shape index (κ2) is 4.71. The van der Waals surface area contributed by atoms with Gasteiger partial charge in [-0.25, -0.2) is 0 Å². The lowest BCUT2D eigenvalue weighted by Crippen LogP contribution is -2.59. The molecule has 0 spiro atoms. The maximum atomic E-state index is 12.4. The number of carbonyl (C=O) groups excluding carboxylic acids is 1. The Labute approximate surface area is 118 Å². The highest BCUT2D eigenvalue weighted by Crippen LogP contribution is 2.56. The van der Waals surface area contributed by atoms with Crippen LogP contribution in [-0.2, 0) is 9.53 Å². The molecule has 3 rings (SSSR count). The number of ketones is 1. The molecule has 0 heterocycles. The van der Waals surface area contributed by atoms with Crippen molar-refractivity contribution >= 4 is 17.5 Å². The lowest BCUT2D eigenvalue weighted by atomic mass is 9.60. The van der Waals surface area contributed by atoms with Gasteiger partial charge in [-0.3, -0.25) is 4.79 Å². The molecule has 19 heavy (non-hydrogen) atoms. The Balaban J connectivity index is 1.85. The molecule has 0 bridgehead atoms. The molecule has 0 aliphatic heterocycles. The molecule has 0 saturated heterocycles. The number of benzene rings is 1. The molecule has 2 aliphatic carbocycles. The number of thioether (sulfide) groups is 1. The number of rotatable bonds is 3. The molecule has 0 aromatic heterocycles. The highest BCUT2D eigenvalue weighted by molar-refractivity contribution is 8.01. The third-order valence-corrected chi connectivity index (χ3v) is 5.70. The lowest BCUT2D eigenvalue weighted by molar-refractivity contribution is -0.137. The minimum atomic E-state index is -0.323. The Morgan fingerprint density at radius 1 is 1.32 bits per heavy atom. The first kappa shape index (κ1) is 12.8. The first-order valence-corrected chi connectivity index (χ1v) is 7.50. The second-order valence-corrected chi connectivity index (χ2v) is 6.92. The summed E-state index contributed by atoms with van der Waals surface area (Å²) in [6.07, 6.45) is 4.01. The summed E-state index contributed by atoms with van der Waals surface area (Å²) in [5, 5.41) is 0. The van der Waals surface area contributed by atoms with Gasteiger partial charge in [-0.2, -0.15) is 0 Å². The monoisotopic (exact) mass is 274 g/mol. The van der Waals surface area contributed by atoms with Crippen LogP contribution in [0.2, 0.25) is 0 Å². The molecule has 2 nitrogen and oxygen atoms in total. The fourth-order valence-electron chi connectivity index (χ4n) is 3.17. The van der Waals surface area contributed by atoms with Crippen molar-refractivity contribution in [3.63, 3.8) is 0 Å². The van der Waals surface area contributed by atoms with Crippen LogP contribution in [0.3, 0.4) is 0 Å². The maximum Gasteiger partial charge on any atom is 0.153 e. The van der Waals surface area contributed by atoms with Gasteiger partial charge >= 0.3 is 0 Å². The summed E-state index contributed by atoms with van der Waals surface area (Å²) in [6, 6.07) is 10.2. The average Bonchev–Trinajstić information content (AvgIpc) is 2.47. The highest BCUT2D eigenvalue weighted by Gasteiger charge is 2.59. The van der Waals surface area contributed by atoms with Crippen LogP contribution in [0.25, 0.3) is 0 Å². The zero-order chi connectivity index (χ0) is 13.5. The van der Waals surface area contributed by atoms with Crippen molar-refractivity contribution in [1.82, 2.24) is 0 Å². The van der Waals surface area contributed by atoms with E-state index in [-0.39, 0.29) is 10.7 Å². The fraction of sp³-hybridized carbons (Fsp3) is 0.438. The van der Waals surface area contributed by atoms with Crippen LogP contribution >= 0.6 is 11.8 Å². The molecule has 1 aromatic rings. The number of Topliss-reactive ketones (excluding diaryl/α,β-unsaturated/α-hetero) is 1. The quantitative estimate of drug-likeness (QED) is 0.841. The Morgan fingerprint density at radius 2 is 2.05 bits per heavy atom. The van der Waals surface area contributed by atoms with E-state index < -0.39 is 0 Å². The van der Waals surface area contributed by atoms with Crippen molar-refractivity contribution in [3.8, 4) is 0 Å². The Hall–Kier alpha value is -1.22. The molecule has 3 heteroatoms. The van der Waals surface area contributed by atoms with E-state index in [1.807, 2.05) is 18.2 Å². The number of allylic oxidation sites excluding steroid dienone is 2. The van der Waals surface area contributed by atoms with Gasteiger partial charge in [0.1, 0.15) is 0 Å². The van der Waals surface area contributed by atoms with Gasteiger partial charge in [0.05, 0.1) is 17.6 Å². The standard InChI is InChI=1S/C16H18O2S/c1-16(19-12-6-4-3-5-7-12)14-10-11(18-2)8-9-13(14)15(16)17/h3-7,10,13-14H,8-9H2,1-2H3/t13-,14+,16-/m1/s1. The number of hydrogen-bond donors (Lipinski definition) is 0. The van der Waals surface area contributed by atoms with E-state index in [0.29, 0.717) is 11.7 Å². The predicted molar refractivity (Wildman–Crippen MR) is 77.0 cm³/mol. The molecule has 1 aromatic carbocycles. The average molecular weight is 274 g/mol. The molecular weight excluding hydrogens is 256 g/mol. The third-order valence-electron chi connectivity index (χ3n) is 4.30. The molecule has 2 aliphatic rings. The van der Waals surface area contributed by atoms with Crippen molar-refractivity contribution in [2.24, 2.45) is 11.8 Å². The van der Waals surface area contributed by atoms with Crippen molar-refractivity contribution in [2.45, 2.75) is 29.4 Å². The van der Waals surface area contributed by atoms with E-state index in [0.717, 1.165) is 23.5 Å². The van der Waals surface area contributed by atoms with E-state index in [4.69, 9.17) is 4.74 Å². The van der Waals surface area contributed by atoms with Crippen molar-refractivity contribution in [1.29, 1.82) is 0 Å². The summed E-state index contributed by atoms with van der Waals surface area (Å²) in [4.78, 5) is 13.6. The number of methoxy groups -OCH3 is 1. The zero-order valence-corrected chi connectivity index (χ0v) is 12.1. The molecule has 1 saturated carbocycles. The summed E-state index contributed by atoms with van der Waals surface area (Å²) in [7, 11) is 1.72. The number of carbonyl (C=O) groups is 1. The van der Waals surface area contributed by atoms with Gasteiger partial charge in [-0.15, -0.1) is 11.8 Å². The summed E-state index contributed by atoms with van der Waals surface area (Å²) in [6.45, 7) is 2.07.